The van der Waals surface area contributed by atoms with Gasteiger partial charge in [0.15, 0.2) is 0 Å². The SMILES string of the molecule is C=Nc1ccc(-c2c(-c3ccc(F)cc3F)nc3n2CCC3)cc1/N=C\C. The summed E-state index contributed by atoms with van der Waals surface area (Å²) in [4.78, 5) is 13.0. The van der Waals surface area contributed by atoms with Crippen molar-refractivity contribution in [3.8, 4) is 22.5 Å². The molecule has 2 heterocycles. The van der Waals surface area contributed by atoms with E-state index in [1.165, 1.54) is 12.1 Å². The number of aromatic nitrogens is 2. The summed E-state index contributed by atoms with van der Waals surface area (Å²) in [5.74, 6) is -0.315. The summed E-state index contributed by atoms with van der Waals surface area (Å²) in [6.45, 7) is 6.23. The van der Waals surface area contributed by atoms with Gasteiger partial charge in [-0.1, -0.05) is 6.07 Å². The molecule has 0 bridgehead atoms. The number of fused-ring (bicyclic) bond motifs is 1. The normalized spacial score (nSPS) is 13.3. The Balaban J connectivity index is 1.95. The molecule has 0 unspecified atom stereocenters. The molecule has 0 saturated heterocycles. The third-order valence-corrected chi connectivity index (χ3v) is 4.70. The van der Waals surface area contributed by atoms with Crippen molar-refractivity contribution in [3.63, 3.8) is 0 Å². The predicted molar refractivity (Wildman–Crippen MR) is 104 cm³/mol. The van der Waals surface area contributed by atoms with Crippen LogP contribution < -0.4 is 0 Å². The van der Waals surface area contributed by atoms with E-state index in [0.29, 0.717) is 22.6 Å². The Kier molecular flexibility index (Phi) is 4.39. The molecule has 4 nitrogen and oxygen atoms in total. The third kappa shape index (κ3) is 2.97. The summed E-state index contributed by atoms with van der Waals surface area (Å²) in [6.07, 6.45) is 3.52. The van der Waals surface area contributed by atoms with Crippen LogP contribution in [0.15, 0.2) is 46.4 Å². The standard InChI is InChI=1S/C21H18F2N4/c1-3-25-18-11-13(6-9-17(18)24-2)21-20(26-19-5-4-10-27(19)21)15-8-7-14(22)12-16(15)23/h3,6-9,11-12H,2,4-5,10H2,1H3/b25-3-. The molecule has 27 heavy (non-hydrogen) atoms. The second kappa shape index (κ2) is 6.87. The van der Waals surface area contributed by atoms with E-state index >= 15 is 0 Å². The second-order valence-electron chi connectivity index (χ2n) is 6.35. The topological polar surface area (TPSA) is 42.5 Å². The lowest BCUT2D eigenvalue weighted by Crippen LogP contribution is -1.97. The zero-order valence-electron chi connectivity index (χ0n) is 14.9. The summed E-state index contributed by atoms with van der Waals surface area (Å²) < 4.78 is 30.0. The number of aliphatic imine (C=N–C) groups is 2. The van der Waals surface area contributed by atoms with Gasteiger partial charge in [0.05, 0.1) is 22.8 Å². The minimum absolute atomic E-state index is 0.291. The number of hydrogen-bond acceptors (Lipinski definition) is 3. The van der Waals surface area contributed by atoms with Crippen molar-refractivity contribution in [1.29, 1.82) is 0 Å². The molecule has 0 saturated carbocycles. The minimum Gasteiger partial charge on any atom is -0.327 e. The lowest BCUT2D eigenvalue weighted by Gasteiger charge is -2.11. The maximum absolute atomic E-state index is 14.5. The summed E-state index contributed by atoms with van der Waals surface area (Å²) in [5.41, 5.74) is 3.85. The Morgan fingerprint density at radius 2 is 2.00 bits per heavy atom. The number of benzene rings is 2. The van der Waals surface area contributed by atoms with Crippen molar-refractivity contribution in [2.45, 2.75) is 26.3 Å². The third-order valence-electron chi connectivity index (χ3n) is 4.70. The van der Waals surface area contributed by atoms with Gasteiger partial charge < -0.3 is 4.57 Å². The second-order valence-corrected chi connectivity index (χ2v) is 6.35. The Bertz CT molecular complexity index is 1070. The molecule has 0 aliphatic carbocycles. The summed E-state index contributed by atoms with van der Waals surface area (Å²) in [5, 5.41) is 0. The maximum atomic E-state index is 14.5. The number of rotatable bonds is 4. The molecule has 0 amide bonds. The molecular formula is C21H18F2N4. The van der Waals surface area contributed by atoms with E-state index in [9.17, 15) is 8.78 Å². The van der Waals surface area contributed by atoms with E-state index in [1.807, 2.05) is 25.1 Å². The summed E-state index contributed by atoms with van der Waals surface area (Å²) in [7, 11) is 0. The molecule has 0 radical (unpaired) electrons. The van der Waals surface area contributed by atoms with Gasteiger partial charge in [-0.05, 0) is 44.3 Å². The highest BCUT2D eigenvalue weighted by molar-refractivity contribution is 5.84. The van der Waals surface area contributed by atoms with Gasteiger partial charge in [-0.3, -0.25) is 9.98 Å². The Hall–Kier alpha value is -3.15. The summed E-state index contributed by atoms with van der Waals surface area (Å²) in [6, 6.07) is 9.23. The van der Waals surface area contributed by atoms with E-state index in [4.69, 9.17) is 0 Å². The molecule has 4 rings (SSSR count). The number of halogens is 2. The molecule has 2 aromatic carbocycles. The van der Waals surface area contributed by atoms with Crippen molar-refractivity contribution in [2.24, 2.45) is 9.98 Å². The van der Waals surface area contributed by atoms with E-state index in [0.717, 1.165) is 42.5 Å². The monoisotopic (exact) mass is 364 g/mol. The van der Waals surface area contributed by atoms with Gasteiger partial charge in [0.1, 0.15) is 17.5 Å². The smallest absolute Gasteiger partial charge is 0.135 e. The average Bonchev–Trinajstić information content (AvgIpc) is 3.23. The molecule has 1 aliphatic heterocycles. The largest absolute Gasteiger partial charge is 0.327 e. The highest BCUT2D eigenvalue weighted by atomic mass is 19.1. The van der Waals surface area contributed by atoms with Gasteiger partial charge in [-0.15, -0.1) is 0 Å². The lowest BCUT2D eigenvalue weighted by atomic mass is 10.0. The van der Waals surface area contributed by atoms with Crippen LogP contribution in [0.5, 0.6) is 0 Å². The molecule has 136 valence electrons. The number of aryl methyl sites for hydroxylation is 1. The van der Waals surface area contributed by atoms with Crippen LogP contribution in [0.2, 0.25) is 0 Å². The first kappa shape index (κ1) is 17.3. The highest BCUT2D eigenvalue weighted by Crippen LogP contribution is 2.40. The lowest BCUT2D eigenvalue weighted by molar-refractivity contribution is 0.585. The van der Waals surface area contributed by atoms with Gasteiger partial charge >= 0.3 is 0 Å². The van der Waals surface area contributed by atoms with E-state index in [1.54, 1.807) is 6.21 Å². The van der Waals surface area contributed by atoms with E-state index < -0.39 is 11.6 Å². The van der Waals surface area contributed by atoms with Crippen molar-refractivity contribution in [2.75, 3.05) is 0 Å². The number of nitrogens with zero attached hydrogens (tertiary/aromatic N) is 4. The van der Waals surface area contributed by atoms with Crippen LogP contribution in [0, 0.1) is 11.6 Å². The minimum atomic E-state index is -0.621. The fourth-order valence-corrected chi connectivity index (χ4v) is 3.54. The average molecular weight is 364 g/mol. The van der Waals surface area contributed by atoms with Crippen LogP contribution in [-0.4, -0.2) is 22.5 Å². The van der Waals surface area contributed by atoms with Crippen molar-refractivity contribution in [1.82, 2.24) is 9.55 Å². The van der Waals surface area contributed by atoms with Crippen LogP contribution in [-0.2, 0) is 13.0 Å². The van der Waals surface area contributed by atoms with Gasteiger partial charge in [0.2, 0.25) is 0 Å². The van der Waals surface area contributed by atoms with Crippen LogP contribution in [0.1, 0.15) is 19.2 Å². The molecule has 1 aromatic heterocycles. The molecule has 6 heteroatoms. The Morgan fingerprint density at radius 3 is 2.74 bits per heavy atom. The highest BCUT2D eigenvalue weighted by Gasteiger charge is 2.25. The fourth-order valence-electron chi connectivity index (χ4n) is 3.54. The van der Waals surface area contributed by atoms with Gasteiger partial charge in [0, 0.05) is 36.4 Å². The van der Waals surface area contributed by atoms with Crippen molar-refractivity contribution < 1.29 is 8.78 Å². The first-order valence-electron chi connectivity index (χ1n) is 8.77. The molecule has 0 fully saturated rings. The quantitative estimate of drug-likeness (QED) is 0.564. The van der Waals surface area contributed by atoms with Crippen LogP contribution >= 0.6 is 0 Å². The van der Waals surface area contributed by atoms with Crippen LogP contribution in [0.4, 0.5) is 20.2 Å². The zero-order valence-corrected chi connectivity index (χ0v) is 14.9. The van der Waals surface area contributed by atoms with Crippen molar-refractivity contribution >= 4 is 24.3 Å². The first-order valence-corrected chi connectivity index (χ1v) is 8.77. The molecule has 0 spiro atoms. The Labute approximate surface area is 155 Å². The van der Waals surface area contributed by atoms with Crippen molar-refractivity contribution in [3.05, 3.63) is 53.9 Å². The molecule has 0 atom stereocenters. The van der Waals surface area contributed by atoms with Gasteiger partial charge in [-0.2, -0.15) is 0 Å². The Morgan fingerprint density at radius 1 is 1.15 bits per heavy atom. The van der Waals surface area contributed by atoms with E-state index in [-0.39, 0.29) is 0 Å². The van der Waals surface area contributed by atoms with Crippen LogP contribution in [0.25, 0.3) is 22.5 Å². The predicted octanol–water partition coefficient (Wildman–Crippen LogP) is 5.50. The molecular weight excluding hydrogens is 346 g/mol. The van der Waals surface area contributed by atoms with Gasteiger partial charge in [0.25, 0.3) is 0 Å². The fraction of sp³-hybridized carbons (Fsp3) is 0.190. The molecule has 3 aromatic rings. The first-order chi connectivity index (χ1) is 13.1. The maximum Gasteiger partial charge on any atom is 0.135 e. The summed E-state index contributed by atoms with van der Waals surface area (Å²) >= 11 is 0. The molecule has 1 aliphatic rings. The molecule has 0 N–H and O–H groups in total. The van der Waals surface area contributed by atoms with Gasteiger partial charge in [-0.25, -0.2) is 13.8 Å². The zero-order chi connectivity index (χ0) is 19.0. The van der Waals surface area contributed by atoms with E-state index in [2.05, 4.69) is 26.3 Å². The number of imidazole rings is 1. The number of hydrogen-bond donors (Lipinski definition) is 0. The van der Waals surface area contributed by atoms with Crippen LogP contribution in [0.3, 0.4) is 0 Å².